The van der Waals surface area contributed by atoms with Crippen molar-refractivity contribution in [3.63, 3.8) is 0 Å². The monoisotopic (exact) mass is 435 g/mol. The van der Waals surface area contributed by atoms with Crippen LogP contribution in [0.1, 0.15) is 11.1 Å². The van der Waals surface area contributed by atoms with Gasteiger partial charge >= 0.3 is 35.8 Å². The van der Waals surface area contributed by atoms with Crippen LogP contribution >= 0.6 is 0 Å². The van der Waals surface area contributed by atoms with Gasteiger partial charge in [-0.3, -0.25) is 0 Å². The van der Waals surface area contributed by atoms with Crippen LogP contribution in [0.3, 0.4) is 0 Å². The quantitative estimate of drug-likeness (QED) is 0.507. The summed E-state index contributed by atoms with van der Waals surface area (Å²) in [6.07, 6.45) is -7.89. The minimum Gasteiger partial charge on any atom is -0.198 e. The van der Waals surface area contributed by atoms with E-state index in [0.717, 1.165) is 0 Å². The van der Waals surface area contributed by atoms with Crippen molar-refractivity contribution in [3.8, 4) is 6.07 Å². The highest BCUT2D eigenvalue weighted by Gasteiger charge is 2.90. The van der Waals surface area contributed by atoms with E-state index < -0.39 is 47.8 Å². The molecule has 0 aliphatic carbocycles. The summed E-state index contributed by atoms with van der Waals surface area (Å²) in [6.45, 7) is 0. The average molecular weight is 435 g/mol. The van der Waals surface area contributed by atoms with Gasteiger partial charge in [0.2, 0.25) is 0 Å². The summed E-state index contributed by atoms with van der Waals surface area (Å²) in [6, 6.07) is 2.61. The molecule has 0 saturated heterocycles. The van der Waals surface area contributed by atoms with Gasteiger partial charge in [-0.2, -0.15) is 62.3 Å². The predicted molar refractivity (Wildman–Crippen MR) is 65.5 cm³/mol. The van der Waals surface area contributed by atoms with Gasteiger partial charge in [0.15, 0.2) is 0 Å². The van der Waals surface area contributed by atoms with Gasteiger partial charge in [0.25, 0.3) is 0 Å². The van der Waals surface area contributed by atoms with Crippen LogP contribution in [0.15, 0.2) is 24.3 Å². The molecule has 0 aliphatic heterocycles. The Bertz CT molecular complexity index is 740. The van der Waals surface area contributed by atoms with E-state index in [1.807, 2.05) is 0 Å². The number of alkyl halides is 13. The summed E-state index contributed by atoms with van der Waals surface area (Å²) in [5.74, 6) is -37.2. The topological polar surface area (TPSA) is 23.8 Å². The largest absolute Gasteiger partial charge is 0.460 e. The molecule has 0 amide bonds. The second kappa shape index (κ2) is 6.70. The van der Waals surface area contributed by atoms with Crippen molar-refractivity contribution in [3.05, 3.63) is 35.4 Å². The minimum absolute atomic E-state index is 0.0106. The third kappa shape index (κ3) is 3.24. The lowest BCUT2D eigenvalue weighted by Gasteiger charge is -2.39. The zero-order valence-corrected chi connectivity index (χ0v) is 12.9. The Morgan fingerprint density at radius 3 is 1.36 bits per heavy atom. The number of nitrogens with zero attached hydrogens (tertiary/aromatic N) is 1. The molecular formula is C14H6F13N. The summed E-state index contributed by atoms with van der Waals surface area (Å²) in [4.78, 5) is 0. The van der Waals surface area contributed by atoms with Crippen LogP contribution < -0.4 is 0 Å². The van der Waals surface area contributed by atoms with Crippen LogP contribution in [0.4, 0.5) is 57.1 Å². The smallest absolute Gasteiger partial charge is 0.198 e. The first-order valence-electron chi connectivity index (χ1n) is 6.71. The van der Waals surface area contributed by atoms with E-state index in [4.69, 9.17) is 5.26 Å². The van der Waals surface area contributed by atoms with E-state index in [9.17, 15) is 57.1 Å². The molecule has 0 heterocycles. The molecule has 0 N–H and O–H groups in total. The Hall–Kier alpha value is -2.20. The molecule has 0 bridgehead atoms. The second-order valence-electron chi connectivity index (χ2n) is 5.40. The normalized spacial score (nSPS) is 14.7. The van der Waals surface area contributed by atoms with Crippen molar-refractivity contribution in [2.45, 2.75) is 42.2 Å². The third-order valence-corrected chi connectivity index (χ3v) is 3.53. The highest BCUT2D eigenvalue weighted by Crippen LogP contribution is 2.61. The molecule has 0 radical (unpaired) electrons. The first-order chi connectivity index (χ1) is 12.3. The highest BCUT2D eigenvalue weighted by atomic mass is 19.4. The summed E-state index contributed by atoms with van der Waals surface area (Å²) in [5.41, 5.74) is -2.17. The van der Waals surface area contributed by atoms with Crippen LogP contribution in [0.2, 0.25) is 0 Å². The maximum atomic E-state index is 13.8. The third-order valence-electron chi connectivity index (χ3n) is 3.53. The number of hydrogen-bond donors (Lipinski definition) is 0. The lowest BCUT2D eigenvalue weighted by molar-refractivity contribution is -0.441. The molecular weight excluding hydrogens is 429 g/mol. The Balaban J connectivity index is 3.50. The van der Waals surface area contributed by atoms with E-state index in [-0.39, 0.29) is 17.7 Å². The molecule has 28 heavy (non-hydrogen) atoms. The Labute approximate surface area is 147 Å². The van der Waals surface area contributed by atoms with Crippen LogP contribution in [0, 0.1) is 11.3 Å². The van der Waals surface area contributed by atoms with Crippen molar-refractivity contribution >= 4 is 0 Å². The molecule has 1 aromatic carbocycles. The van der Waals surface area contributed by atoms with Crippen LogP contribution in [0.5, 0.6) is 0 Å². The van der Waals surface area contributed by atoms with Gasteiger partial charge < -0.3 is 0 Å². The van der Waals surface area contributed by atoms with Crippen molar-refractivity contribution in [1.82, 2.24) is 0 Å². The van der Waals surface area contributed by atoms with Gasteiger partial charge in [0, 0.05) is 5.56 Å². The number of hydrogen-bond acceptors (Lipinski definition) is 1. The number of halogens is 13. The standard InChI is InChI=1S/C14H6F13N/c15-9(16,8-3-1-7(2-4-8)5-6-28)10(17,18)11(19,20)12(21,22)13(23,24)14(25,26)27/h1-4H,5H2. The van der Waals surface area contributed by atoms with Crippen LogP contribution in [-0.2, 0) is 12.3 Å². The molecule has 1 nitrogen and oxygen atoms in total. The fraction of sp³-hybridized carbons (Fsp3) is 0.500. The lowest BCUT2D eigenvalue weighted by Crippen LogP contribution is -2.69. The maximum absolute atomic E-state index is 13.8. The first-order valence-corrected chi connectivity index (χ1v) is 6.71. The first kappa shape index (κ1) is 23.8. The molecule has 0 spiro atoms. The van der Waals surface area contributed by atoms with Gasteiger partial charge in [-0.25, -0.2) is 0 Å². The molecule has 0 saturated carbocycles. The fourth-order valence-corrected chi connectivity index (χ4v) is 1.87. The summed E-state index contributed by atoms with van der Waals surface area (Å²) < 4.78 is 169. The zero-order valence-electron chi connectivity index (χ0n) is 12.9. The Kier molecular flexibility index (Phi) is 5.70. The Morgan fingerprint density at radius 1 is 0.607 bits per heavy atom. The Morgan fingerprint density at radius 2 is 1.00 bits per heavy atom. The molecule has 158 valence electrons. The molecule has 1 rings (SSSR count). The molecule has 0 aliphatic rings. The maximum Gasteiger partial charge on any atom is 0.460 e. The molecule has 14 heteroatoms. The molecule has 1 aromatic rings. The molecule has 0 fully saturated rings. The minimum atomic E-state index is -7.92. The summed E-state index contributed by atoms with van der Waals surface area (Å²) in [5, 5.41) is 8.35. The average Bonchev–Trinajstić information content (AvgIpc) is 2.53. The van der Waals surface area contributed by atoms with Gasteiger partial charge in [0.1, 0.15) is 0 Å². The van der Waals surface area contributed by atoms with Crippen molar-refractivity contribution in [2.24, 2.45) is 0 Å². The zero-order chi connectivity index (χ0) is 22.4. The van der Waals surface area contributed by atoms with E-state index in [1.165, 1.54) is 6.07 Å². The van der Waals surface area contributed by atoms with Gasteiger partial charge in [-0.1, -0.05) is 24.3 Å². The van der Waals surface area contributed by atoms with Crippen molar-refractivity contribution in [2.75, 3.05) is 0 Å². The SMILES string of the molecule is N#CCc1ccc(C(F)(F)C(F)(F)C(F)(F)C(F)(F)C(F)(F)C(F)(F)F)cc1. The van der Waals surface area contributed by atoms with Crippen molar-refractivity contribution in [1.29, 1.82) is 5.26 Å². The second-order valence-corrected chi connectivity index (χ2v) is 5.40. The van der Waals surface area contributed by atoms with Gasteiger partial charge in [0.05, 0.1) is 12.5 Å². The van der Waals surface area contributed by atoms with E-state index >= 15 is 0 Å². The van der Waals surface area contributed by atoms with Crippen LogP contribution in [-0.4, -0.2) is 29.9 Å². The van der Waals surface area contributed by atoms with E-state index in [0.29, 0.717) is 12.1 Å². The fourth-order valence-electron chi connectivity index (χ4n) is 1.87. The van der Waals surface area contributed by atoms with Gasteiger partial charge in [-0.15, -0.1) is 0 Å². The number of nitriles is 1. The van der Waals surface area contributed by atoms with Crippen molar-refractivity contribution < 1.29 is 57.1 Å². The number of benzene rings is 1. The summed E-state index contributed by atoms with van der Waals surface area (Å²) in [7, 11) is 0. The van der Waals surface area contributed by atoms with Gasteiger partial charge in [-0.05, 0) is 5.56 Å². The predicted octanol–water partition coefficient (Wildman–Crippen LogP) is 5.95. The molecule has 0 aromatic heterocycles. The summed E-state index contributed by atoms with van der Waals surface area (Å²) >= 11 is 0. The molecule has 0 atom stereocenters. The number of rotatable bonds is 6. The lowest BCUT2D eigenvalue weighted by atomic mass is 9.90. The van der Waals surface area contributed by atoms with E-state index in [2.05, 4.69) is 0 Å². The van der Waals surface area contributed by atoms with E-state index in [1.54, 1.807) is 0 Å². The highest BCUT2D eigenvalue weighted by molar-refractivity contribution is 5.30. The van der Waals surface area contributed by atoms with Crippen LogP contribution in [0.25, 0.3) is 0 Å². The molecule has 0 unspecified atom stereocenters.